The molecule has 1 heterocycles. The number of pyridine rings is 1. The quantitative estimate of drug-likeness (QED) is 0.675. The molecule has 1 aliphatic rings. The lowest BCUT2D eigenvalue weighted by Gasteiger charge is -2.26. The highest BCUT2D eigenvalue weighted by molar-refractivity contribution is 9.10. The maximum absolute atomic E-state index is 12.9. The Bertz CT molecular complexity index is 297. The molecule has 64 valence electrons. The van der Waals surface area contributed by atoms with Gasteiger partial charge in [0, 0.05) is 6.20 Å². The highest BCUT2D eigenvalue weighted by atomic mass is 79.9. The molecule has 0 aliphatic heterocycles. The van der Waals surface area contributed by atoms with Crippen LogP contribution in [0.3, 0.4) is 0 Å². The van der Waals surface area contributed by atoms with Crippen molar-refractivity contribution < 1.29 is 4.39 Å². The molecule has 0 radical (unpaired) electrons. The van der Waals surface area contributed by atoms with Gasteiger partial charge in [0.15, 0.2) is 0 Å². The van der Waals surface area contributed by atoms with Crippen LogP contribution < -0.4 is 0 Å². The van der Waals surface area contributed by atoms with E-state index in [-0.39, 0.29) is 5.95 Å². The minimum Gasteiger partial charge on any atom is -0.227 e. The summed E-state index contributed by atoms with van der Waals surface area (Å²) < 4.78 is 13.5. The molecule has 3 heteroatoms. The first-order valence-electron chi connectivity index (χ1n) is 4.09. The van der Waals surface area contributed by atoms with E-state index in [0.29, 0.717) is 10.4 Å². The fourth-order valence-corrected chi connectivity index (χ4v) is 2.02. The SMILES string of the molecule is Fc1nccc(C2CCC2)c1Br. The number of hydrogen-bond donors (Lipinski definition) is 0. The zero-order valence-corrected chi connectivity index (χ0v) is 8.14. The van der Waals surface area contributed by atoms with Gasteiger partial charge in [-0.25, -0.2) is 4.98 Å². The van der Waals surface area contributed by atoms with E-state index in [4.69, 9.17) is 0 Å². The minimum atomic E-state index is -0.389. The first-order chi connectivity index (χ1) is 5.79. The molecule has 0 saturated heterocycles. The highest BCUT2D eigenvalue weighted by Gasteiger charge is 2.22. The smallest absolute Gasteiger partial charge is 0.227 e. The van der Waals surface area contributed by atoms with Gasteiger partial charge in [-0.05, 0) is 46.3 Å². The molecule has 0 bridgehead atoms. The fraction of sp³-hybridized carbons (Fsp3) is 0.444. The summed E-state index contributed by atoms with van der Waals surface area (Å²) in [6.45, 7) is 0. The first kappa shape index (κ1) is 8.17. The molecular formula is C9H9BrFN. The summed E-state index contributed by atoms with van der Waals surface area (Å²) in [7, 11) is 0. The van der Waals surface area contributed by atoms with E-state index in [1.54, 1.807) is 0 Å². The summed E-state index contributed by atoms with van der Waals surface area (Å²) >= 11 is 3.22. The van der Waals surface area contributed by atoms with Crippen molar-refractivity contribution in [3.63, 3.8) is 0 Å². The fourth-order valence-electron chi connectivity index (χ4n) is 1.47. The zero-order chi connectivity index (χ0) is 8.55. The van der Waals surface area contributed by atoms with Crippen LogP contribution in [0.15, 0.2) is 16.7 Å². The molecule has 12 heavy (non-hydrogen) atoms. The molecule has 1 saturated carbocycles. The van der Waals surface area contributed by atoms with Crippen LogP contribution in [0.1, 0.15) is 30.7 Å². The van der Waals surface area contributed by atoms with Crippen LogP contribution in [0.5, 0.6) is 0 Å². The molecule has 0 N–H and O–H groups in total. The summed E-state index contributed by atoms with van der Waals surface area (Å²) in [6.07, 6.45) is 5.17. The molecule has 1 aromatic rings. The van der Waals surface area contributed by atoms with E-state index in [2.05, 4.69) is 20.9 Å². The molecule has 1 fully saturated rings. The normalized spacial score (nSPS) is 17.5. The van der Waals surface area contributed by atoms with Gasteiger partial charge in [-0.2, -0.15) is 4.39 Å². The summed E-state index contributed by atoms with van der Waals surface area (Å²) in [5, 5.41) is 0. The Balaban J connectivity index is 2.36. The molecule has 0 amide bonds. The second kappa shape index (κ2) is 3.13. The van der Waals surface area contributed by atoms with Crippen molar-refractivity contribution in [3.05, 3.63) is 28.2 Å². The van der Waals surface area contributed by atoms with Gasteiger partial charge in [-0.1, -0.05) is 6.42 Å². The molecule has 0 spiro atoms. The third-order valence-electron chi connectivity index (χ3n) is 2.42. The van der Waals surface area contributed by atoms with Gasteiger partial charge in [0.1, 0.15) is 0 Å². The lowest BCUT2D eigenvalue weighted by Crippen LogP contribution is -2.10. The molecule has 0 aromatic carbocycles. The third kappa shape index (κ3) is 1.26. The summed E-state index contributed by atoms with van der Waals surface area (Å²) in [6, 6.07) is 1.90. The van der Waals surface area contributed by atoms with Crippen LogP contribution in [-0.2, 0) is 0 Å². The van der Waals surface area contributed by atoms with Crippen molar-refractivity contribution in [1.82, 2.24) is 4.98 Å². The summed E-state index contributed by atoms with van der Waals surface area (Å²) in [5.41, 5.74) is 1.08. The van der Waals surface area contributed by atoms with Gasteiger partial charge in [0.05, 0.1) is 4.47 Å². The number of rotatable bonds is 1. The van der Waals surface area contributed by atoms with Gasteiger partial charge in [0.2, 0.25) is 5.95 Å². The van der Waals surface area contributed by atoms with Crippen molar-refractivity contribution in [2.75, 3.05) is 0 Å². The first-order valence-corrected chi connectivity index (χ1v) is 4.88. The van der Waals surface area contributed by atoms with Gasteiger partial charge >= 0.3 is 0 Å². The van der Waals surface area contributed by atoms with E-state index in [0.717, 1.165) is 5.56 Å². The van der Waals surface area contributed by atoms with Gasteiger partial charge in [0.25, 0.3) is 0 Å². The molecule has 0 unspecified atom stereocenters. The maximum atomic E-state index is 12.9. The Labute approximate surface area is 79.1 Å². The van der Waals surface area contributed by atoms with Crippen LogP contribution in [-0.4, -0.2) is 4.98 Å². The molecule has 1 aromatic heterocycles. The van der Waals surface area contributed by atoms with Crippen molar-refractivity contribution in [2.45, 2.75) is 25.2 Å². The molecule has 0 atom stereocenters. The van der Waals surface area contributed by atoms with Crippen LogP contribution in [0.25, 0.3) is 0 Å². The van der Waals surface area contributed by atoms with Crippen LogP contribution in [0.2, 0.25) is 0 Å². The third-order valence-corrected chi connectivity index (χ3v) is 3.21. The van der Waals surface area contributed by atoms with Gasteiger partial charge in [-0.3, -0.25) is 0 Å². The number of hydrogen-bond acceptors (Lipinski definition) is 1. The van der Waals surface area contributed by atoms with E-state index in [9.17, 15) is 4.39 Å². The van der Waals surface area contributed by atoms with E-state index < -0.39 is 0 Å². The topological polar surface area (TPSA) is 12.9 Å². The number of halogens is 2. The van der Waals surface area contributed by atoms with Gasteiger partial charge in [-0.15, -0.1) is 0 Å². The average Bonchev–Trinajstić information content (AvgIpc) is 1.95. The predicted octanol–water partition coefficient (Wildman–Crippen LogP) is 3.25. The standard InChI is InChI=1S/C9H9BrFN/c10-8-7(6-2-1-3-6)4-5-12-9(8)11/h4-6H,1-3H2. The molecule has 1 aliphatic carbocycles. The second-order valence-electron chi connectivity index (χ2n) is 3.13. The minimum absolute atomic E-state index is 0.389. The zero-order valence-electron chi connectivity index (χ0n) is 6.56. The van der Waals surface area contributed by atoms with Gasteiger partial charge < -0.3 is 0 Å². The Kier molecular flexibility index (Phi) is 2.13. The second-order valence-corrected chi connectivity index (χ2v) is 3.93. The molecule has 1 nitrogen and oxygen atoms in total. The van der Waals surface area contributed by atoms with Crippen molar-refractivity contribution in [2.24, 2.45) is 0 Å². The summed E-state index contributed by atoms with van der Waals surface area (Å²) in [5.74, 6) is 0.163. The predicted molar refractivity (Wildman–Crippen MR) is 48.5 cm³/mol. The monoisotopic (exact) mass is 229 g/mol. The Morgan fingerprint density at radius 3 is 2.83 bits per heavy atom. The van der Waals surface area contributed by atoms with E-state index >= 15 is 0 Å². The largest absolute Gasteiger partial charge is 0.227 e. The lowest BCUT2D eigenvalue weighted by atomic mass is 9.80. The molecular weight excluding hydrogens is 221 g/mol. The van der Waals surface area contributed by atoms with Crippen molar-refractivity contribution in [1.29, 1.82) is 0 Å². The molecule has 2 rings (SSSR count). The Hall–Kier alpha value is -0.440. The van der Waals surface area contributed by atoms with Crippen LogP contribution >= 0.6 is 15.9 Å². The van der Waals surface area contributed by atoms with Crippen LogP contribution in [0, 0.1) is 5.95 Å². The average molecular weight is 230 g/mol. The lowest BCUT2D eigenvalue weighted by molar-refractivity contribution is 0.414. The highest BCUT2D eigenvalue weighted by Crippen LogP contribution is 2.39. The van der Waals surface area contributed by atoms with Crippen molar-refractivity contribution >= 4 is 15.9 Å². The number of nitrogens with zero attached hydrogens (tertiary/aromatic N) is 1. The van der Waals surface area contributed by atoms with Crippen LogP contribution in [0.4, 0.5) is 4.39 Å². The van der Waals surface area contributed by atoms with E-state index in [1.807, 2.05) is 6.07 Å². The Morgan fingerprint density at radius 2 is 2.25 bits per heavy atom. The maximum Gasteiger partial charge on any atom is 0.227 e. The number of aromatic nitrogens is 1. The van der Waals surface area contributed by atoms with Crippen molar-refractivity contribution in [3.8, 4) is 0 Å². The summed E-state index contributed by atoms with van der Waals surface area (Å²) in [4.78, 5) is 3.57. The van der Waals surface area contributed by atoms with E-state index in [1.165, 1.54) is 25.5 Å². The Morgan fingerprint density at radius 1 is 1.50 bits per heavy atom.